The first kappa shape index (κ1) is 17.0. The number of thiazole rings is 1. The Morgan fingerprint density at radius 2 is 1.37 bits per heavy atom. The van der Waals surface area contributed by atoms with Crippen molar-refractivity contribution in [2.75, 3.05) is 5.73 Å². The maximum absolute atomic E-state index is 12.6. The molecule has 0 atom stereocenters. The fraction of sp³-hybridized carbons (Fsp3) is 0. The fourth-order valence-electron chi connectivity index (χ4n) is 2.82. The minimum Gasteiger partial charge on any atom is -0.384 e. The zero-order valence-electron chi connectivity index (χ0n) is 14.4. The molecule has 1 heterocycles. The van der Waals surface area contributed by atoms with E-state index >= 15 is 0 Å². The van der Waals surface area contributed by atoms with Crippen LogP contribution in [0.1, 0.15) is 10.4 Å². The number of carbonyl (C=O) groups is 1. The summed E-state index contributed by atoms with van der Waals surface area (Å²) >= 11 is 1.41. The second kappa shape index (κ2) is 7.43. The molecule has 4 nitrogen and oxygen atoms in total. The number of nitrogens with two attached hydrogens (primary N) is 1. The van der Waals surface area contributed by atoms with Crippen LogP contribution in [0.25, 0.3) is 16.1 Å². The number of benzene rings is 3. The molecule has 27 heavy (non-hydrogen) atoms. The Morgan fingerprint density at radius 3 is 2.00 bits per heavy atom. The highest BCUT2D eigenvalue weighted by Gasteiger charge is 2.15. The summed E-state index contributed by atoms with van der Waals surface area (Å²) in [5.74, 6) is 0.276. The van der Waals surface area contributed by atoms with Crippen molar-refractivity contribution in [3.63, 3.8) is 0 Å². The van der Waals surface area contributed by atoms with E-state index in [1.54, 1.807) is 12.1 Å². The lowest BCUT2D eigenvalue weighted by Crippen LogP contribution is -2.17. The minimum atomic E-state index is -0.291. The largest absolute Gasteiger partial charge is 0.384 e. The Kier molecular flexibility index (Phi) is 4.68. The first-order chi connectivity index (χ1) is 13.2. The van der Waals surface area contributed by atoms with Gasteiger partial charge in [0.15, 0.2) is 4.80 Å². The minimum absolute atomic E-state index is 0.291. The standard InChI is InChI=1S/C22H17N3OS/c23-20-19(16-10-4-1-5-11-16)27-22(25(20)18-14-8-3-9-15-18)24-21(26)17-12-6-2-7-13-17/h1-15H,23H2. The van der Waals surface area contributed by atoms with Crippen molar-refractivity contribution in [2.24, 2.45) is 4.99 Å². The highest BCUT2D eigenvalue weighted by Crippen LogP contribution is 2.30. The average molecular weight is 371 g/mol. The van der Waals surface area contributed by atoms with E-state index in [1.807, 2.05) is 83.4 Å². The summed E-state index contributed by atoms with van der Waals surface area (Å²) in [6.45, 7) is 0. The molecule has 0 saturated carbocycles. The number of carbonyl (C=O) groups excluding carboxylic acids is 1. The van der Waals surface area contributed by atoms with E-state index in [1.165, 1.54) is 11.3 Å². The molecule has 4 aromatic rings. The lowest BCUT2D eigenvalue weighted by atomic mass is 10.2. The monoisotopic (exact) mass is 371 g/mol. The van der Waals surface area contributed by atoms with Gasteiger partial charge in [-0.05, 0) is 29.8 Å². The van der Waals surface area contributed by atoms with E-state index < -0.39 is 0 Å². The molecule has 0 spiro atoms. The summed E-state index contributed by atoms with van der Waals surface area (Å²) in [7, 11) is 0. The van der Waals surface area contributed by atoms with Gasteiger partial charge in [0, 0.05) is 11.3 Å². The van der Waals surface area contributed by atoms with Gasteiger partial charge in [-0.2, -0.15) is 4.99 Å². The summed E-state index contributed by atoms with van der Waals surface area (Å²) in [4.78, 5) is 18.5. The number of rotatable bonds is 3. The maximum atomic E-state index is 12.6. The van der Waals surface area contributed by atoms with Gasteiger partial charge in [-0.3, -0.25) is 9.36 Å². The summed E-state index contributed by atoms with van der Waals surface area (Å²) in [6, 6.07) is 28.6. The van der Waals surface area contributed by atoms with Gasteiger partial charge in [-0.25, -0.2) is 0 Å². The first-order valence-corrected chi connectivity index (χ1v) is 9.32. The molecular weight excluding hydrogens is 354 g/mol. The molecule has 0 fully saturated rings. The summed E-state index contributed by atoms with van der Waals surface area (Å²) in [6.07, 6.45) is 0. The number of amides is 1. The molecule has 0 unspecified atom stereocenters. The molecule has 3 aromatic carbocycles. The summed E-state index contributed by atoms with van der Waals surface area (Å²) in [5.41, 5.74) is 8.90. The van der Waals surface area contributed by atoms with Crippen LogP contribution in [0.5, 0.6) is 0 Å². The van der Waals surface area contributed by atoms with Crippen LogP contribution in [0, 0.1) is 0 Å². The van der Waals surface area contributed by atoms with Crippen LogP contribution in [0.2, 0.25) is 0 Å². The van der Waals surface area contributed by atoms with Crippen LogP contribution in [0.3, 0.4) is 0 Å². The Bertz CT molecular complexity index is 1130. The summed E-state index contributed by atoms with van der Waals surface area (Å²) < 4.78 is 1.83. The zero-order valence-corrected chi connectivity index (χ0v) is 15.3. The van der Waals surface area contributed by atoms with E-state index in [2.05, 4.69) is 4.99 Å². The SMILES string of the molecule is Nc1c(-c2ccccc2)sc(=NC(=O)c2ccccc2)n1-c1ccccc1. The molecule has 0 aliphatic rings. The molecule has 0 aliphatic carbocycles. The number of aromatic nitrogens is 1. The molecule has 0 saturated heterocycles. The number of nitrogen functional groups attached to an aromatic ring is 1. The van der Waals surface area contributed by atoms with Gasteiger partial charge < -0.3 is 5.73 Å². The van der Waals surface area contributed by atoms with E-state index in [9.17, 15) is 4.79 Å². The van der Waals surface area contributed by atoms with Gasteiger partial charge in [0.05, 0.1) is 4.88 Å². The highest BCUT2D eigenvalue weighted by molar-refractivity contribution is 7.13. The van der Waals surface area contributed by atoms with Crippen molar-refractivity contribution in [2.45, 2.75) is 0 Å². The molecule has 0 bridgehead atoms. The topological polar surface area (TPSA) is 60.4 Å². The van der Waals surface area contributed by atoms with Crippen molar-refractivity contribution in [1.82, 2.24) is 4.57 Å². The van der Waals surface area contributed by atoms with Crippen molar-refractivity contribution in [1.29, 1.82) is 0 Å². The van der Waals surface area contributed by atoms with E-state index in [0.717, 1.165) is 16.1 Å². The van der Waals surface area contributed by atoms with Crippen LogP contribution in [0.4, 0.5) is 5.82 Å². The molecule has 0 aliphatic heterocycles. The maximum Gasteiger partial charge on any atom is 0.279 e. The predicted octanol–water partition coefficient (Wildman–Crippen LogP) is 4.53. The zero-order chi connectivity index (χ0) is 18.6. The second-order valence-corrected chi connectivity index (χ2v) is 6.90. The molecule has 4 rings (SSSR count). The number of hydrogen-bond donors (Lipinski definition) is 1. The number of hydrogen-bond acceptors (Lipinski definition) is 3. The highest BCUT2D eigenvalue weighted by atomic mass is 32.1. The van der Waals surface area contributed by atoms with Crippen LogP contribution >= 0.6 is 11.3 Å². The number of anilines is 1. The van der Waals surface area contributed by atoms with Gasteiger partial charge in [0.1, 0.15) is 5.82 Å². The van der Waals surface area contributed by atoms with Crippen LogP contribution in [0.15, 0.2) is 96.0 Å². The quantitative estimate of drug-likeness (QED) is 0.575. The van der Waals surface area contributed by atoms with Gasteiger partial charge in [-0.1, -0.05) is 78.1 Å². The molecule has 1 amide bonds. The van der Waals surface area contributed by atoms with E-state index in [0.29, 0.717) is 16.2 Å². The first-order valence-electron chi connectivity index (χ1n) is 8.50. The van der Waals surface area contributed by atoms with Gasteiger partial charge in [0.25, 0.3) is 5.91 Å². The van der Waals surface area contributed by atoms with Crippen molar-refractivity contribution >= 4 is 23.1 Å². The smallest absolute Gasteiger partial charge is 0.279 e. The number of nitrogens with zero attached hydrogens (tertiary/aromatic N) is 2. The van der Waals surface area contributed by atoms with Crippen LogP contribution < -0.4 is 10.5 Å². The normalized spacial score (nSPS) is 11.5. The molecule has 2 N–H and O–H groups in total. The summed E-state index contributed by atoms with van der Waals surface area (Å²) in [5, 5.41) is 0. The lowest BCUT2D eigenvalue weighted by Gasteiger charge is -2.06. The Labute approximate surface area is 160 Å². The number of para-hydroxylation sites is 1. The van der Waals surface area contributed by atoms with Gasteiger partial charge in [-0.15, -0.1) is 0 Å². The van der Waals surface area contributed by atoms with Crippen molar-refractivity contribution in [3.8, 4) is 16.1 Å². The molecule has 5 heteroatoms. The third kappa shape index (κ3) is 3.45. The Balaban J connectivity index is 1.93. The molecule has 1 aromatic heterocycles. The third-order valence-electron chi connectivity index (χ3n) is 4.13. The molecule has 0 radical (unpaired) electrons. The third-order valence-corrected chi connectivity index (χ3v) is 5.23. The van der Waals surface area contributed by atoms with Crippen LogP contribution in [-0.4, -0.2) is 10.5 Å². The predicted molar refractivity (Wildman–Crippen MR) is 110 cm³/mol. The average Bonchev–Trinajstić information content (AvgIpc) is 3.05. The Morgan fingerprint density at radius 1 is 0.815 bits per heavy atom. The lowest BCUT2D eigenvalue weighted by molar-refractivity contribution is 0.0998. The van der Waals surface area contributed by atoms with Crippen LogP contribution in [-0.2, 0) is 0 Å². The van der Waals surface area contributed by atoms with Crippen molar-refractivity contribution < 1.29 is 4.79 Å². The molecular formula is C22H17N3OS. The van der Waals surface area contributed by atoms with Gasteiger partial charge >= 0.3 is 0 Å². The van der Waals surface area contributed by atoms with Crippen molar-refractivity contribution in [3.05, 3.63) is 101 Å². The van der Waals surface area contributed by atoms with E-state index in [-0.39, 0.29) is 5.91 Å². The molecule has 132 valence electrons. The van der Waals surface area contributed by atoms with E-state index in [4.69, 9.17) is 5.73 Å². The fourth-order valence-corrected chi connectivity index (χ4v) is 3.88. The Hall–Kier alpha value is -3.44. The van der Waals surface area contributed by atoms with Gasteiger partial charge in [0.2, 0.25) is 0 Å². The second-order valence-electron chi connectivity index (χ2n) is 5.92.